The summed E-state index contributed by atoms with van der Waals surface area (Å²) < 4.78 is 41.3. The topological polar surface area (TPSA) is 122 Å². The van der Waals surface area contributed by atoms with Gasteiger partial charge in [-0.05, 0) is 30.3 Å². The van der Waals surface area contributed by atoms with Crippen molar-refractivity contribution in [1.82, 2.24) is 19.5 Å². The van der Waals surface area contributed by atoms with Crippen molar-refractivity contribution in [2.75, 3.05) is 28.2 Å². The molecule has 0 aliphatic heterocycles. The second-order valence-corrected chi connectivity index (χ2v) is 9.65. The number of rotatable bonds is 7. The highest BCUT2D eigenvalue weighted by Crippen LogP contribution is 2.25. The molecule has 3 heterocycles. The molecule has 1 amide bonds. The van der Waals surface area contributed by atoms with Gasteiger partial charge >= 0.3 is 0 Å². The number of benzene rings is 1. The lowest BCUT2D eigenvalue weighted by molar-refractivity contribution is -0.114. The number of fused-ring (bicyclic) bond motifs is 1. The molecule has 0 aliphatic rings. The van der Waals surface area contributed by atoms with E-state index in [9.17, 15) is 17.6 Å². The predicted octanol–water partition coefficient (Wildman–Crippen LogP) is 3.11. The van der Waals surface area contributed by atoms with Crippen molar-refractivity contribution in [2.24, 2.45) is 0 Å². The van der Waals surface area contributed by atoms with Crippen LogP contribution in [0.15, 0.2) is 55.0 Å². The van der Waals surface area contributed by atoms with E-state index in [4.69, 9.17) is 0 Å². The van der Waals surface area contributed by atoms with Crippen molar-refractivity contribution < 1.29 is 17.6 Å². The van der Waals surface area contributed by atoms with E-state index >= 15 is 0 Å². The summed E-state index contributed by atoms with van der Waals surface area (Å²) in [6, 6.07) is 9.49. The van der Waals surface area contributed by atoms with E-state index in [1.54, 1.807) is 24.5 Å². The molecule has 0 unspecified atom stereocenters. The van der Waals surface area contributed by atoms with Crippen LogP contribution in [0, 0.1) is 5.82 Å². The van der Waals surface area contributed by atoms with Crippen molar-refractivity contribution in [3.63, 3.8) is 0 Å². The van der Waals surface area contributed by atoms with Gasteiger partial charge in [0.15, 0.2) is 0 Å². The molecule has 4 aromatic rings. The number of carbonyl (C=O) groups excluding carboxylic acids is 1. The molecule has 0 spiro atoms. The Morgan fingerprint density at radius 2 is 2.00 bits per heavy atom. The zero-order chi connectivity index (χ0) is 24.5. The third-order valence-electron chi connectivity index (χ3n) is 5.04. The first-order valence-corrected chi connectivity index (χ1v) is 12.0. The zero-order valence-corrected chi connectivity index (χ0v) is 19.5. The predicted molar refractivity (Wildman–Crippen MR) is 128 cm³/mol. The fraction of sp³-hybridized carbons (Fsp3) is 0.182. The van der Waals surface area contributed by atoms with Crippen LogP contribution in [0.4, 0.5) is 27.5 Å². The van der Waals surface area contributed by atoms with Crippen LogP contribution in [0.2, 0.25) is 0 Å². The molecule has 12 heteroatoms. The molecule has 0 atom stereocenters. The maximum absolute atomic E-state index is 14.3. The molecule has 0 saturated heterocycles. The molecule has 0 bridgehead atoms. The molecular formula is C22H22FN7O3S. The Morgan fingerprint density at radius 1 is 1.21 bits per heavy atom. The van der Waals surface area contributed by atoms with Gasteiger partial charge in [-0.2, -0.15) is 4.98 Å². The Balaban J connectivity index is 1.66. The van der Waals surface area contributed by atoms with Gasteiger partial charge in [-0.1, -0.05) is 6.07 Å². The largest absolute Gasteiger partial charge is 0.328 e. The number of halogens is 1. The van der Waals surface area contributed by atoms with Gasteiger partial charge in [-0.15, -0.1) is 0 Å². The molecule has 1 aromatic carbocycles. The van der Waals surface area contributed by atoms with Gasteiger partial charge in [-0.3, -0.25) is 9.10 Å². The molecular weight excluding hydrogens is 461 g/mol. The molecule has 0 saturated carbocycles. The monoisotopic (exact) mass is 483 g/mol. The maximum atomic E-state index is 14.3. The van der Waals surface area contributed by atoms with Crippen LogP contribution in [0.25, 0.3) is 11.0 Å². The lowest BCUT2D eigenvalue weighted by atomic mass is 10.2. The highest BCUT2D eigenvalue weighted by atomic mass is 32.2. The van der Waals surface area contributed by atoms with E-state index in [0.717, 1.165) is 15.9 Å². The number of hydrogen-bond acceptors (Lipinski definition) is 7. The van der Waals surface area contributed by atoms with E-state index in [2.05, 4.69) is 25.6 Å². The fourth-order valence-corrected chi connectivity index (χ4v) is 3.84. The third kappa shape index (κ3) is 4.96. The minimum atomic E-state index is -3.49. The van der Waals surface area contributed by atoms with E-state index in [0.29, 0.717) is 29.3 Å². The molecule has 34 heavy (non-hydrogen) atoms. The summed E-state index contributed by atoms with van der Waals surface area (Å²) in [5.74, 6) is -0.330. The van der Waals surface area contributed by atoms with Crippen LogP contribution in [-0.2, 0) is 21.4 Å². The van der Waals surface area contributed by atoms with Crippen LogP contribution in [0.3, 0.4) is 0 Å². The molecule has 0 fully saturated rings. The Kier molecular flexibility index (Phi) is 6.16. The van der Waals surface area contributed by atoms with Crippen LogP contribution in [-0.4, -0.2) is 47.1 Å². The summed E-state index contributed by atoms with van der Waals surface area (Å²) >= 11 is 0. The number of hydrogen-bond donors (Lipinski definition) is 2. The fourth-order valence-electron chi connectivity index (χ4n) is 3.36. The molecule has 2 N–H and O–H groups in total. The number of nitrogens with one attached hydrogen (secondary N) is 2. The van der Waals surface area contributed by atoms with E-state index in [1.807, 2.05) is 10.6 Å². The first kappa shape index (κ1) is 23.1. The summed E-state index contributed by atoms with van der Waals surface area (Å²) in [6.07, 6.45) is 6.05. The summed E-state index contributed by atoms with van der Waals surface area (Å²) in [7, 11) is -2.04. The van der Waals surface area contributed by atoms with Gasteiger partial charge < -0.3 is 15.2 Å². The van der Waals surface area contributed by atoms with Crippen LogP contribution in [0.1, 0.15) is 12.5 Å². The van der Waals surface area contributed by atoms with E-state index in [1.165, 1.54) is 38.4 Å². The Bertz CT molecular complexity index is 1490. The number of anilines is 4. The molecule has 176 valence electrons. The lowest BCUT2D eigenvalue weighted by Crippen LogP contribution is -2.27. The summed E-state index contributed by atoms with van der Waals surface area (Å²) in [6.45, 7) is 1.67. The third-order valence-corrected chi connectivity index (χ3v) is 6.21. The van der Waals surface area contributed by atoms with E-state index in [-0.39, 0.29) is 17.5 Å². The summed E-state index contributed by atoms with van der Waals surface area (Å²) in [5, 5.41) is 6.20. The number of amides is 1. The smallest absolute Gasteiger partial charge is 0.233 e. The van der Waals surface area contributed by atoms with Crippen molar-refractivity contribution in [3.05, 3.63) is 66.4 Å². The van der Waals surface area contributed by atoms with E-state index < -0.39 is 15.8 Å². The Hall–Kier alpha value is -4.06. The number of carbonyl (C=O) groups is 1. The molecule has 0 radical (unpaired) electrons. The van der Waals surface area contributed by atoms with Gasteiger partial charge in [-0.25, -0.2) is 22.8 Å². The standard InChI is InChI=1S/C22H22FN7O3S/c1-14(31)26-17-6-7-18(23)19(11-17)27-22-25-12-15-8-10-30(21(15)28-22)13-16-5-4-9-24-20(16)29(2)34(3,32)33/h4-12H,13H2,1-3H3,(H,26,31)(H,25,27,28). The second kappa shape index (κ2) is 9.06. The molecule has 3 aromatic heterocycles. The number of aromatic nitrogens is 4. The van der Waals surface area contributed by atoms with Crippen molar-refractivity contribution >= 4 is 50.1 Å². The van der Waals surface area contributed by atoms with Crippen LogP contribution >= 0.6 is 0 Å². The van der Waals surface area contributed by atoms with Gasteiger partial charge in [0, 0.05) is 49.2 Å². The van der Waals surface area contributed by atoms with Crippen LogP contribution in [0.5, 0.6) is 0 Å². The zero-order valence-electron chi connectivity index (χ0n) is 18.7. The lowest BCUT2D eigenvalue weighted by Gasteiger charge is -2.19. The first-order valence-electron chi connectivity index (χ1n) is 10.2. The second-order valence-electron chi connectivity index (χ2n) is 7.63. The Morgan fingerprint density at radius 3 is 2.74 bits per heavy atom. The average Bonchev–Trinajstić information content (AvgIpc) is 3.17. The van der Waals surface area contributed by atoms with Crippen LogP contribution < -0.4 is 14.9 Å². The van der Waals surface area contributed by atoms with Gasteiger partial charge in [0.05, 0.1) is 18.5 Å². The van der Waals surface area contributed by atoms with Gasteiger partial charge in [0.2, 0.25) is 21.9 Å². The van der Waals surface area contributed by atoms with Crippen molar-refractivity contribution in [2.45, 2.75) is 13.5 Å². The number of pyridine rings is 1. The number of sulfonamides is 1. The molecule has 4 rings (SSSR count). The summed E-state index contributed by atoms with van der Waals surface area (Å²) in [5.41, 5.74) is 1.77. The van der Waals surface area contributed by atoms with Gasteiger partial charge in [0.1, 0.15) is 17.3 Å². The minimum Gasteiger partial charge on any atom is -0.328 e. The molecule has 0 aliphatic carbocycles. The van der Waals surface area contributed by atoms with Gasteiger partial charge in [0.25, 0.3) is 0 Å². The quantitative estimate of drug-likeness (QED) is 0.414. The highest BCUT2D eigenvalue weighted by molar-refractivity contribution is 7.92. The first-order chi connectivity index (χ1) is 16.1. The summed E-state index contributed by atoms with van der Waals surface area (Å²) in [4.78, 5) is 24.3. The average molecular weight is 484 g/mol. The SMILES string of the molecule is CC(=O)Nc1ccc(F)c(Nc2ncc3ccn(Cc4cccnc4N(C)S(C)(=O)=O)c3n2)c1. The van der Waals surface area contributed by atoms with Crippen molar-refractivity contribution in [1.29, 1.82) is 0 Å². The normalized spacial score (nSPS) is 11.4. The Labute approximate surface area is 195 Å². The molecule has 10 nitrogen and oxygen atoms in total. The maximum Gasteiger partial charge on any atom is 0.233 e. The number of nitrogens with zero attached hydrogens (tertiary/aromatic N) is 5. The minimum absolute atomic E-state index is 0.105. The van der Waals surface area contributed by atoms with Crippen molar-refractivity contribution in [3.8, 4) is 0 Å². The highest BCUT2D eigenvalue weighted by Gasteiger charge is 2.18.